The number of likely N-dealkylation sites (N-methyl/N-ethyl adjacent to an activating group) is 1. The SMILES string of the molecule is CCNCCn1cncc1-c1ccc(C)c(Cl)c1. The van der Waals surface area contributed by atoms with E-state index < -0.39 is 0 Å². The normalized spacial score (nSPS) is 10.8. The molecule has 18 heavy (non-hydrogen) atoms. The van der Waals surface area contributed by atoms with Crippen LogP contribution in [0.4, 0.5) is 0 Å². The van der Waals surface area contributed by atoms with Crippen LogP contribution in [0.3, 0.4) is 0 Å². The largest absolute Gasteiger partial charge is 0.329 e. The van der Waals surface area contributed by atoms with Crippen LogP contribution in [0.25, 0.3) is 11.3 Å². The summed E-state index contributed by atoms with van der Waals surface area (Å²) in [6, 6.07) is 6.12. The van der Waals surface area contributed by atoms with E-state index in [1.165, 1.54) is 0 Å². The van der Waals surface area contributed by atoms with Crippen LogP contribution >= 0.6 is 11.6 Å². The van der Waals surface area contributed by atoms with Gasteiger partial charge in [0.2, 0.25) is 0 Å². The molecule has 0 spiro atoms. The van der Waals surface area contributed by atoms with Gasteiger partial charge in [0.25, 0.3) is 0 Å². The molecule has 0 bridgehead atoms. The minimum Gasteiger partial charge on any atom is -0.329 e. The average molecular weight is 264 g/mol. The lowest BCUT2D eigenvalue weighted by atomic mass is 10.1. The lowest BCUT2D eigenvalue weighted by molar-refractivity contribution is 0.616. The Hall–Kier alpha value is -1.32. The Morgan fingerprint density at radius 1 is 1.39 bits per heavy atom. The highest BCUT2D eigenvalue weighted by molar-refractivity contribution is 6.31. The molecule has 0 unspecified atom stereocenters. The molecule has 1 aromatic heterocycles. The molecule has 2 aromatic rings. The van der Waals surface area contributed by atoms with Crippen LogP contribution in [0.1, 0.15) is 12.5 Å². The lowest BCUT2D eigenvalue weighted by Crippen LogP contribution is -2.19. The van der Waals surface area contributed by atoms with E-state index in [0.29, 0.717) is 0 Å². The van der Waals surface area contributed by atoms with Crippen molar-refractivity contribution in [2.45, 2.75) is 20.4 Å². The van der Waals surface area contributed by atoms with Crippen LogP contribution < -0.4 is 5.32 Å². The Morgan fingerprint density at radius 3 is 2.94 bits per heavy atom. The van der Waals surface area contributed by atoms with Crippen molar-refractivity contribution in [2.24, 2.45) is 0 Å². The summed E-state index contributed by atoms with van der Waals surface area (Å²) in [5.41, 5.74) is 3.31. The van der Waals surface area contributed by atoms with Gasteiger partial charge < -0.3 is 9.88 Å². The molecule has 0 radical (unpaired) electrons. The zero-order valence-electron chi connectivity index (χ0n) is 10.8. The number of hydrogen-bond donors (Lipinski definition) is 1. The predicted octanol–water partition coefficient (Wildman–Crippen LogP) is 3.12. The lowest BCUT2D eigenvalue weighted by Gasteiger charge is -2.09. The third-order valence-electron chi connectivity index (χ3n) is 2.96. The van der Waals surface area contributed by atoms with Gasteiger partial charge in [0.05, 0.1) is 18.2 Å². The number of benzene rings is 1. The summed E-state index contributed by atoms with van der Waals surface area (Å²) >= 11 is 6.17. The highest BCUT2D eigenvalue weighted by Crippen LogP contribution is 2.24. The zero-order chi connectivity index (χ0) is 13.0. The van der Waals surface area contributed by atoms with Crippen LogP contribution in [-0.2, 0) is 6.54 Å². The molecule has 0 fully saturated rings. The maximum Gasteiger partial charge on any atom is 0.0951 e. The number of aryl methyl sites for hydroxylation is 1. The first-order chi connectivity index (χ1) is 8.72. The van der Waals surface area contributed by atoms with Crippen LogP contribution in [0.5, 0.6) is 0 Å². The van der Waals surface area contributed by atoms with Gasteiger partial charge in [-0.05, 0) is 25.1 Å². The summed E-state index contributed by atoms with van der Waals surface area (Å²) in [7, 11) is 0. The number of imidazole rings is 1. The number of halogens is 1. The van der Waals surface area contributed by atoms with Crippen molar-refractivity contribution in [3.8, 4) is 11.3 Å². The Balaban J connectivity index is 2.22. The van der Waals surface area contributed by atoms with Gasteiger partial charge in [0.15, 0.2) is 0 Å². The van der Waals surface area contributed by atoms with Gasteiger partial charge in [-0.3, -0.25) is 0 Å². The second-order valence-electron chi connectivity index (χ2n) is 4.29. The van der Waals surface area contributed by atoms with Gasteiger partial charge in [0.1, 0.15) is 0 Å². The summed E-state index contributed by atoms with van der Waals surface area (Å²) in [6.45, 7) is 6.96. The Labute approximate surface area is 113 Å². The molecule has 0 atom stereocenters. The molecule has 0 aliphatic heterocycles. The molecule has 2 rings (SSSR count). The molecule has 0 amide bonds. The summed E-state index contributed by atoms with van der Waals surface area (Å²) in [5, 5.41) is 4.11. The minimum absolute atomic E-state index is 0.798. The van der Waals surface area contributed by atoms with E-state index in [1.54, 1.807) is 0 Å². The molecular weight excluding hydrogens is 246 g/mol. The maximum atomic E-state index is 6.17. The second-order valence-corrected chi connectivity index (χ2v) is 4.70. The molecule has 3 nitrogen and oxygen atoms in total. The molecule has 0 aliphatic rings. The predicted molar refractivity (Wildman–Crippen MR) is 76.0 cm³/mol. The number of nitrogens with zero attached hydrogens (tertiary/aromatic N) is 2. The van der Waals surface area contributed by atoms with E-state index in [4.69, 9.17) is 11.6 Å². The Morgan fingerprint density at radius 2 is 2.22 bits per heavy atom. The molecule has 0 saturated heterocycles. The third-order valence-corrected chi connectivity index (χ3v) is 3.37. The zero-order valence-corrected chi connectivity index (χ0v) is 11.5. The van der Waals surface area contributed by atoms with Crippen LogP contribution in [0, 0.1) is 6.92 Å². The van der Waals surface area contributed by atoms with E-state index in [2.05, 4.69) is 27.9 Å². The van der Waals surface area contributed by atoms with Gasteiger partial charge >= 0.3 is 0 Å². The summed E-state index contributed by atoms with van der Waals surface area (Å²) in [5.74, 6) is 0. The fraction of sp³-hybridized carbons (Fsp3) is 0.357. The van der Waals surface area contributed by atoms with Gasteiger partial charge in [-0.2, -0.15) is 0 Å². The highest BCUT2D eigenvalue weighted by atomic mass is 35.5. The second kappa shape index (κ2) is 6.03. The van der Waals surface area contributed by atoms with Gasteiger partial charge in [-0.1, -0.05) is 30.7 Å². The first kappa shape index (κ1) is 13.1. The fourth-order valence-corrected chi connectivity index (χ4v) is 2.05. The Kier molecular flexibility index (Phi) is 4.39. The van der Waals surface area contributed by atoms with Crippen molar-refractivity contribution in [3.63, 3.8) is 0 Å². The number of hydrogen-bond acceptors (Lipinski definition) is 2. The van der Waals surface area contributed by atoms with Crippen molar-refractivity contribution in [3.05, 3.63) is 41.3 Å². The average Bonchev–Trinajstić information content (AvgIpc) is 2.81. The number of aromatic nitrogens is 2. The molecule has 4 heteroatoms. The molecule has 96 valence electrons. The summed E-state index contributed by atoms with van der Waals surface area (Å²) in [4.78, 5) is 4.22. The van der Waals surface area contributed by atoms with E-state index in [9.17, 15) is 0 Å². The van der Waals surface area contributed by atoms with Crippen molar-refractivity contribution in [2.75, 3.05) is 13.1 Å². The van der Waals surface area contributed by atoms with E-state index >= 15 is 0 Å². The summed E-state index contributed by atoms with van der Waals surface area (Å²) < 4.78 is 2.14. The van der Waals surface area contributed by atoms with Crippen LogP contribution in [-0.4, -0.2) is 22.6 Å². The van der Waals surface area contributed by atoms with Crippen LogP contribution in [0.2, 0.25) is 5.02 Å². The minimum atomic E-state index is 0.798. The van der Waals surface area contributed by atoms with E-state index in [1.807, 2.05) is 31.6 Å². The van der Waals surface area contributed by atoms with Crippen molar-refractivity contribution >= 4 is 11.6 Å². The van der Waals surface area contributed by atoms with Gasteiger partial charge in [-0.15, -0.1) is 0 Å². The molecule has 1 heterocycles. The van der Waals surface area contributed by atoms with Gasteiger partial charge in [-0.25, -0.2) is 4.98 Å². The van der Waals surface area contributed by atoms with E-state index in [-0.39, 0.29) is 0 Å². The van der Waals surface area contributed by atoms with Gasteiger partial charge in [0, 0.05) is 23.7 Å². The van der Waals surface area contributed by atoms with Crippen molar-refractivity contribution in [1.29, 1.82) is 0 Å². The fourth-order valence-electron chi connectivity index (χ4n) is 1.87. The molecule has 0 saturated carbocycles. The maximum absolute atomic E-state index is 6.17. The van der Waals surface area contributed by atoms with Crippen molar-refractivity contribution in [1.82, 2.24) is 14.9 Å². The molecule has 1 N–H and O–H groups in total. The smallest absolute Gasteiger partial charge is 0.0951 e. The first-order valence-corrected chi connectivity index (χ1v) is 6.57. The topological polar surface area (TPSA) is 29.9 Å². The Bertz CT molecular complexity index is 520. The highest BCUT2D eigenvalue weighted by Gasteiger charge is 2.06. The monoisotopic (exact) mass is 263 g/mol. The van der Waals surface area contributed by atoms with E-state index in [0.717, 1.165) is 41.5 Å². The summed E-state index contributed by atoms with van der Waals surface area (Å²) in [6.07, 6.45) is 3.74. The van der Waals surface area contributed by atoms with Crippen molar-refractivity contribution < 1.29 is 0 Å². The molecule has 0 aliphatic carbocycles. The standard InChI is InChI=1S/C14H18ClN3/c1-3-16-6-7-18-10-17-9-14(18)12-5-4-11(2)13(15)8-12/h4-5,8-10,16H,3,6-7H2,1-2H3. The first-order valence-electron chi connectivity index (χ1n) is 6.19. The third kappa shape index (κ3) is 2.92. The van der Waals surface area contributed by atoms with Crippen LogP contribution in [0.15, 0.2) is 30.7 Å². The quantitative estimate of drug-likeness (QED) is 0.840. The number of nitrogens with one attached hydrogen (secondary N) is 1. The molecular formula is C14H18ClN3. The molecule has 1 aromatic carbocycles. The number of rotatable bonds is 5.